The van der Waals surface area contributed by atoms with Gasteiger partial charge in [-0.3, -0.25) is 4.79 Å². The summed E-state index contributed by atoms with van der Waals surface area (Å²) in [6, 6.07) is 24.1. The standard InChI is InChI=1S/C23H15Cl2N3O2/c24-16-12-7-13-17(25)18(16)20-19(14-8-3-1-4-9-14)23(30-28-20)22(29)26-21(27-23)15-10-5-2-6-11-15/h1-13,19H,(H,26,27,29)/t19-,23-/m1/s1. The Morgan fingerprint density at radius 1 is 0.867 bits per heavy atom. The highest BCUT2D eigenvalue weighted by Crippen LogP contribution is 2.45. The normalized spacial score (nSPS) is 22.5. The first-order valence-corrected chi connectivity index (χ1v) is 10.1. The van der Waals surface area contributed by atoms with Gasteiger partial charge in [-0.2, -0.15) is 0 Å². The number of aliphatic imine (C=N–C) groups is 1. The van der Waals surface area contributed by atoms with Crippen LogP contribution in [-0.4, -0.2) is 23.2 Å². The van der Waals surface area contributed by atoms with Crippen LogP contribution in [-0.2, 0) is 9.63 Å². The molecule has 0 aliphatic carbocycles. The van der Waals surface area contributed by atoms with Crippen molar-refractivity contribution in [3.8, 4) is 0 Å². The van der Waals surface area contributed by atoms with Crippen molar-refractivity contribution in [1.82, 2.24) is 5.32 Å². The molecule has 0 saturated heterocycles. The van der Waals surface area contributed by atoms with Crippen LogP contribution < -0.4 is 5.32 Å². The first-order valence-electron chi connectivity index (χ1n) is 9.32. The summed E-state index contributed by atoms with van der Waals surface area (Å²) in [4.78, 5) is 23.7. The van der Waals surface area contributed by atoms with E-state index in [-0.39, 0.29) is 0 Å². The smallest absolute Gasteiger partial charge is 0.319 e. The molecular weight excluding hydrogens is 421 g/mol. The van der Waals surface area contributed by atoms with E-state index in [1.165, 1.54) is 0 Å². The van der Waals surface area contributed by atoms with Crippen molar-refractivity contribution in [2.75, 3.05) is 0 Å². The first kappa shape index (κ1) is 18.9. The minimum Gasteiger partial charge on any atom is -0.353 e. The second-order valence-corrected chi connectivity index (χ2v) is 7.80. The number of amides is 1. The van der Waals surface area contributed by atoms with Crippen molar-refractivity contribution in [1.29, 1.82) is 0 Å². The number of hydrogen-bond acceptors (Lipinski definition) is 4. The highest BCUT2D eigenvalue weighted by molar-refractivity contribution is 6.41. The van der Waals surface area contributed by atoms with Gasteiger partial charge < -0.3 is 10.2 Å². The van der Waals surface area contributed by atoms with Crippen LogP contribution in [0.3, 0.4) is 0 Å². The Kier molecular flexibility index (Phi) is 4.57. The molecule has 5 rings (SSSR count). The van der Waals surface area contributed by atoms with Crippen LogP contribution in [0.4, 0.5) is 0 Å². The predicted molar refractivity (Wildman–Crippen MR) is 117 cm³/mol. The Morgan fingerprint density at radius 2 is 1.50 bits per heavy atom. The van der Waals surface area contributed by atoms with E-state index >= 15 is 0 Å². The quantitative estimate of drug-likeness (QED) is 0.642. The number of benzene rings is 3. The van der Waals surface area contributed by atoms with Gasteiger partial charge in [0.1, 0.15) is 17.5 Å². The summed E-state index contributed by atoms with van der Waals surface area (Å²) in [6.07, 6.45) is 0. The molecule has 3 aromatic carbocycles. The van der Waals surface area contributed by atoms with Crippen LogP contribution in [0.25, 0.3) is 0 Å². The average molecular weight is 436 g/mol. The highest BCUT2D eigenvalue weighted by atomic mass is 35.5. The third kappa shape index (κ3) is 2.90. The number of nitrogens with zero attached hydrogens (tertiary/aromatic N) is 2. The average Bonchev–Trinajstić information content (AvgIpc) is 3.30. The van der Waals surface area contributed by atoms with Crippen LogP contribution in [0.5, 0.6) is 0 Å². The van der Waals surface area contributed by atoms with Crippen molar-refractivity contribution < 1.29 is 9.63 Å². The molecule has 1 N–H and O–H groups in total. The van der Waals surface area contributed by atoms with Crippen LogP contribution in [0.2, 0.25) is 10.0 Å². The zero-order valence-electron chi connectivity index (χ0n) is 15.5. The summed E-state index contributed by atoms with van der Waals surface area (Å²) >= 11 is 12.9. The number of oxime groups is 1. The monoisotopic (exact) mass is 435 g/mol. The lowest BCUT2D eigenvalue weighted by molar-refractivity contribution is -0.140. The molecule has 0 saturated carbocycles. The van der Waals surface area contributed by atoms with Gasteiger partial charge in [0.2, 0.25) is 0 Å². The van der Waals surface area contributed by atoms with Crippen LogP contribution >= 0.6 is 23.2 Å². The first-order chi connectivity index (χ1) is 14.6. The van der Waals surface area contributed by atoms with E-state index < -0.39 is 17.6 Å². The van der Waals surface area contributed by atoms with Crippen molar-refractivity contribution >= 4 is 40.7 Å². The largest absolute Gasteiger partial charge is 0.353 e. The summed E-state index contributed by atoms with van der Waals surface area (Å²) in [5.41, 5.74) is 1.01. The molecule has 2 heterocycles. The van der Waals surface area contributed by atoms with Gasteiger partial charge in [-0.05, 0) is 17.7 Å². The van der Waals surface area contributed by atoms with Crippen LogP contribution in [0.15, 0.2) is 89.0 Å². The number of hydrogen-bond donors (Lipinski definition) is 1. The molecule has 148 valence electrons. The molecule has 2 aliphatic heterocycles. The Morgan fingerprint density at radius 3 is 2.17 bits per heavy atom. The third-order valence-corrected chi connectivity index (χ3v) is 5.81. The maximum Gasteiger partial charge on any atom is 0.319 e. The Labute approximate surface area is 183 Å². The lowest BCUT2D eigenvalue weighted by atomic mass is 9.82. The molecular formula is C23H15Cl2N3O2. The van der Waals surface area contributed by atoms with E-state index in [2.05, 4.69) is 10.5 Å². The molecule has 7 heteroatoms. The van der Waals surface area contributed by atoms with Gasteiger partial charge in [-0.25, -0.2) is 4.99 Å². The topological polar surface area (TPSA) is 63.0 Å². The zero-order chi connectivity index (χ0) is 20.7. The molecule has 0 unspecified atom stereocenters. The number of carbonyl (C=O) groups excluding carboxylic acids is 1. The number of rotatable bonds is 3. The third-order valence-electron chi connectivity index (χ3n) is 5.18. The second kappa shape index (κ2) is 7.27. The maximum absolute atomic E-state index is 13.2. The highest BCUT2D eigenvalue weighted by Gasteiger charge is 2.60. The molecule has 0 bridgehead atoms. The molecule has 0 fully saturated rings. The number of carbonyl (C=O) groups is 1. The van der Waals surface area contributed by atoms with E-state index in [0.29, 0.717) is 27.2 Å². The van der Waals surface area contributed by atoms with E-state index in [9.17, 15) is 4.79 Å². The van der Waals surface area contributed by atoms with Crippen LogP contribution in [0.1, 0.15) is 22.6 Å². The van der Waals surface area contributed by atoms with Crippen LogP contribution in [0, 0.1) is 0 Å². The fourth-order valence-electron chi connectivity index (χ4n) is 3.80. The zero-order valence-corrected chi connectivity index (χ0v) is 17.1. The Bertz CT molecular complexity index is 1180. The summed E-state index contributed by atoms with van der Waals surface area (Å²) in [7, 11) is 0. The summed E-state index contributed by atoms with van der Waals surface area (Å²) in [5, 5.41) is 7.98. The molecule has 30 heavy (non-hydrogen) atoms. The minimum absolute atomic E-state index is 0.392. The Hall–Kier alpha value is -3.15. The van der Waals surface area contributed by atoms with Gasteiger partial charge in [0, 0.05) is 11.1 Å². The van der Waals surface area contributed by atoms with E-state index in [1.54, 1.807) is 18.2 Å². The van der Waals surface area contributed by atoms with E-state index in [0.717, 1.165) is 11.1 Å². The van der Waals surface area contributed by atoms with Gasteiger partial charge in [0.25, 0.3) is 5.91 Å². The minimum atomic E-state index is -1.58. The van der Waals surface area contributed by atoms with Gasteiger partial charge in [0.05, 0.1) is 10.0 Å². The lowest BCUT2D eigenvalue weighted by Crippen LogP contribution is -2.45. The number of halogens is 2. The maximum atomic E-state index is 13.2. The summed E-state index contributed by atoms with van der Waals surface area (Å²) in [5.74, 6) is -0.585. The molecule has 0 aromatic heterocycles. The van der Waals surface area contributed by atoms with E-state index in [1.807, 2.05) is 60.7 Å². The van der Waals surface area contributed by atoms with Gasteiger partial charge in [0.15, 0.2) is 0 Å². The fraction of sp³-hybridized carbons (Fsp3) is 0.0870. The lowest BCUT2D eigenvalue weighted by Gasteiger charge is -2.24. The molecule has 2 aliphatic rings. The molecule has 5 nitrogen and oxygen atoms in total. The molecule has 0 radical (unpaired) electrons. The predicted octanol–water partition coefficient (Wildman–Crippen LogP) is 4.78. The fourth-order valence-corrected chi connectivity index (χ4v) is 4.39. The Balaban J connectivity index is 1.69. The van der Waals surface area contributed by atoms with Gasteiger partial charge in [-0.15, -0.1) is 0 Å². The molecule has 1 spiro atoms. The van der Waals surface area contributed by atoms with Crippen molar-refractivity contribution in [3.63, 3.8) is 0 Å². The van der Waals surface area contributed by atoms with E-state index in [4.69, 9.17) is 33.0 Å². The van der Waals surface area contributed by atoms with Crippen molar-refractivity contribution in [2.45, 2.75) is 11.6 Å². The van der Waals surface area contributed by atoms with Crippen molar-refractivity contribution in [3.05, 3.63) is 106 Å². The molecule has 2 atom stereocenters. The molecule has 1 amide bonds. The van der Waals surface area contributed by atoms with Crippen molar-refractivity contribution in [2.24, 2.45) is 10.1 Å². The summed E-state index contributed by atoms with van der Waals surface area (Å²) < 4.78 is 0. The SMILES string of the molecule is O=C1NC(c2ccccc2)=N[C@]12ON=C(c1c(Cl)cccc1Cl)[C@H]2c1ccccc1. The summed E-state index contributed by atoms with van der Waals surface area (Å²) in [6.45, 7) is 0. The van der Waals surface area contributed by atoms with Gasteiger partial charge >= 0.3 is 5.72 Å². The molecule has 3 aromatic rings. The van der Waals surface area contributed by atoms with Gasteiger partial charge in [-0.1, -0.05) is 95.1 Å². The number of nitrogens with one attached hydrogen (secondary N) is 1. The number of amidine groups is 1. The second-order valence-electron chi connectivity index (χ2n) is 6.99.